The Labute approximate surface area is 66.8 Å². The van der Waals surface area contributed by atoms with Crippen LogP contribution in [-0.4, -0.2) is 13.1 Å². The van der Waals surface area contributed by atoms with Crippen molar-refractivity contribution in [3.63, 3.8) is 0 Å². The van der Waals surface area contributed by atoms with Crippen molar-refractivity contribution in [2.75, 3.05) is 18.1 Å². The molecule has 1 heterocycles. The van der Waals surface area contributed by atoms with E-state index in [0.717, 1.165) is 13.1 Å². The zero-order valence-corrected chi connectivity index (χ0v) is 6.40. The van der Waals surface area contributed by atoms with E-state index in [1.807, 2.05) is 18.2 Å². The monoisotopic (exact) mass is 147 g/mol. The molecule has 0 spiro atoms. The third kappa shape index (κ3) is 1.35. The lowest BCUT2D eigenvalue weighted by molar-refractivity contribution is 0.770. The lowest BCUT2D eigenvalue weighted by Gasteiger charge is -2.14. The van der Waals surface area contributed by atoms with Crippen molar-refractivity contribution in [3.05, 3.63) is 30.3 Å². The van der Waals surface area contributed by atoms with Gasteiger partial charge in [-0.2, -0.15) is 0 Å². The minimum Gasteiger partial charge on any atom is -0.291 e. The van der Waals surface area contributed by atoms with Crippen molar-refractivity contribution in [3.8, 4) is 0 Å². The average molecular weight is 147 g/mol. The summed E-state index contributed by atoms with van der Waals surface area (Å²) in [5.41, 5.74) is 5.55. The minimum absolute atomic E-state index is 0.981. The van der Waals surface area contributed by atoms with Crippen LogP contribution in [0.25, 0.3) is 0 Å². The van der Waals surface area contributed by atoms with Crippen LogP contribution in [0.1, 0.15) is 6.42 Å². The summed E-state index contributed by atoms with van der Waals surface area (Å²) in [5.74, 6) is 0. The van der Waals surface area contributed by atoms with E-state index >= 15 is 0 Å². The summed E-state index contributed by atoms with van der Waals surface area (Å²) < 4.78 is 0. The maximum Gasteiger partial charge on any atom is 0.0536 e. The molecular formula is C9H11N2. The Hall–Kier alpha value is -1.02. The Kier molecular flexibility index (Phi) is 1.78. The Morgan fingerprint density at radius 1 is 1.18 bits per heavy atom. The van der Waals surface area contributed by atoms with Crippen LogP contribution < -0.4 is 10.4 Å². The minimum atomic E-state index is 0.981. The predicted octanol–water partition coefficient (Wildman–Crippen LogP) is 1.42. The summed E-state index contributed by atoms with van der Waals surface area (Å²) in [6.07, 6.45) is 1.19. The topological polar surface area (TPSA) is 17.3 Å². The Bertz CT molecular complexity index is 214. The number of benzene rings is 1. The second kappa shape index (κ2) is 2.93. The molecule has 2 rings (SSSR count). The van der Waals surface area contributed by atoms with Crippen LogP contribution in [0.2, 0.25) is 0 Å². The molecule has 11 heavy (non-hydrogen) atoms. The van der Waals surface area contributed by atoms with Crippen LogP contribution in [0.3, 0.4) is 0 Å². The fourth-order valence-electron chi connectivity index (χ4n) is 1.29. The molecule has 2 nitrogen and oxygen atoms in total. The molecule has 2 heteroatoms. The summed E-state index contributed by atoms with van der Waals surface area (Å²) >= 11 is 0. The highest BCUT2D eigenvalue weighted by molar-refractivity contribution is 5.45. The van der Waals surface area contributed by atoms with Crippen molar-refractivity contribution in [1.29, 1.82) is 0 Å². The fourth-order valence-corrected chi connectivity index (χ4v) is 1.29. The number of hydrogen-bond acceptors (Lipinski definition) is 1. The molecule has 0 N–H and O–H groups in total. The van der Waals surface area contributed by atoms with E-state index in [9.17, 15) is 0 Å². The first-order valence-electron chi connectivity index (χ1n) is 3.97. The quantitative estimate of drug-likeness (QED) is 0.587. The highest BCUT2D eigenvalue weighted by Crippen LogP contribution is 2.14. The van der Waals surface area contributed by atoms with E-state index in [4.69, 9.17) is 0 Å². The van der Waals surface area contributed by atoms with Crippen molar-refractivity contribution in [2.45, 2.75) is 6.42 Å². The van der Waals surface area contributed by atoms with Gasteiger partial charge in [0.25, 0.3) is 0 Å². The fraction of sp³-hybridized carbons (Fsp3) is 0.333. The zero-order chi connectivity index (χ0) is 7.52. The second-order valence-electron chi connectivity index (χ2n) is 2.68. The standard InChI is InChI=1S/C9H11N2/c1-2-5-9(6-3-1)11-8-4-7-10-11/h1-3,5-6H,4,7-8H2. The first kappa shape index (κ1) is 6.68. The SMILES string of the molecule is c1ccc(N2CCC[N]2)cc1. The molecule has 0 atom stereocenters. The molecule has 0 aliphatic carbocycles. The van der Waals surface area contributed by atoms with Crippen LogP contribution in [0, 0.1) is 0 Å². The molecular weight excluding hydrogens is 136 g/mol. The average Bonchev–Trinajstić information content (AvgIpc) is 2.58. The number of nitrogens with zero attached hydrogens (tertiary/aromatic N) is 2. The van der Waals surface area contributed by atoms with Crippen LogP contribution in [-0.2, 0) is 0 Å². The number of para-hydroxylation sites is 1. The molecule has 0 bridgehead atoms. The highest BCUT2D eigenvalue weighted by atomic mass is 15.5. The summed E-state index contributed by atoms with van der Waals surface area (Å²) in [6, 6.07) is 10.3. The molecule has 0 aromatic heterocycles. The third-order valence-corrected chi connectivity index (χ3v) is 1.85. The first-order valence-corrected chi connectivity index (χ1v) is 3.97. The predicted molar refractivity (Wildman–Crippen MR) is 45.4 cm³/mol. The van der Waals surface area contributed by atoms with Crippen LogP contribution in [0.4, 0.5) is 5.69 Å². The van der Waals surface area contributed by atoms with Gasteiger partial charge in [0.05, 0.1) is 5.69 Å². The normalized spacial score (nSPS) is 17.3. The van der Waals surface area contributed by atoms with E-state index in [1.165, 1.54) is 12.1 Å². The van der Waals surface area contributed by atoms with Gasteiger partial charge in [-0.3, -0.25) is 5.01 Å². The third-order valence-electron chi connectivity index (χ3n) is 1.85. The molecule has 1 aromatic carbocycles. The second-order valence-corrected chi connectivity index (χ2v) is 2.68. The van der Waals surface area contributed by atoms with Gasteiger partial charge in [0.2, 0.25) is 0 Å². The molecule has 1 saturated heterocycles. The molecule has 0 saturated carbocycles. The summed E-state index contributed by atoms with van der Waals surface area (Å²) in [5, 5.41) is 2.07. The van der Waals surface area contributed by atoms with Crippen molar-refractivity contribution >= 4 is 5.69 Å². The maximum atomic E-state index is 4.34. The molecule has 1 aromatic rings. The summed E-state index contributed by atoms with van der Waals surface area (Å²) in [6.45, 7) is 2.05. The van der Waals surface area contributed by atoms with Crippen molar-refractivity contribution in [1.82, 2.24) is 5.43 Å². The van der Waals surface area contributed by atoms with Gasteiger partial charge in [-0.15, -0.1) is 5.43 Å². The van der Waals surface area contributed by atoms with Gasteiger partial charge in [0, 0.05) is 13.1 Å². The van der Waals surface area contributed by atoms with Gasteiger partial charge in [-0.05, 0) is 18.6 Å². The van der Waals surface area contributed by atoms with Crippen LogP contribution in [0.15, 0.2) is 30.3 Å². The van der Waals surface area contributed by atoms with E-state index in [2.05, 4.69) is 22.6 Å². The summed E-state index contributed by atoms with van der Waals surface area (Å²) in [7, 11) is 0. The zero-order valence-electron chi connectivity index (χ0n) is 6.40. The molecule has 1 radical (unpaired) electrons. The Morgan fingerprint density at radius 3 is 2.64 bits per heavy atom. The van der Waals surface area contributed by atoms with Gasteiger partial charge in [-0.1, -0.05) is 18.2 Å². The Morgan fingerprint density at radius 2 is 2.00 bits per heavy atom. The van der Waals surface area contributed by atoms with Crippen molar-refractivity contribution < 1.29 is 0 Å². The van der Waals surface area contributed by atoms with Gasteiger partial charge in [0.1, 0.15) is 0 Å². The largest absolute Gasteiger partial charge is 0.291 e. The van der Waals surface area contributed by atoms with E-state index in [1.54, 1.807) is 0 Å². The molecule has 1 fully saturated rings. The smallest absolute Gasteiger partial charge is 0.0536 e. The molecule has 0 amide bonds. The first-order chi connectivity index (χ1) is 5.47. The maximum absolute atomic E-state index is 4.34. The van der Waals surface area contributed by atoms with Gasteiger partial charge in [0.15, 0.2) is 0 Å². The van der Waals surface area contributed by atoms with Crippen LogP contribution in [0.5, 0.6) is 0 Å². The molecule has 0 unspecified atom stereocenters. The molecule has 1 aliphatic heterocycles. The van der Waals surface area contributed by atoms with Crippen molar-refractivity contribution in [2.24, 2.45) is 0 Å². The molecule has 1 aliphatic rings. The molecule has 57 valence electrons. The number of rotatable bonds is 1. The summed E-state index contributed by atoms with van der Waals surface area (Å²) in [4.78, 5) is 0. The Balaban J connectivity index is 2.16. The number of hydrogen-bond donors (Lipinski definition) is 0. The van der Waals surface area contributed by atoms with Gasteiger partial charge < -0.3 is 0 Å². The lowest BCUT2D eigenvalue weighted by Crippen LogP contribution is -2.23. The number of anilines is 1. The van der Waals surface area contributed by atoms with E-state index < -0.39 is 0 Å². The van der Waals surface area contributed by atoms with E-state index in [0.29, 0.717) is 0 Å². The van der Waals surface area contributed by atoms with Crippen LogP contribution >= 0.6 is 0 Å². The van der Waals surface area contributed by atoms with Gasteiger partial charge >= 0.3 is 0 Å². The van der Waals surface area contributed by atoms with Gasteiger partial charge in [-0.25, -0.2) is 0 Å². The lowest BCUT2D eigenvalue weighted by atomic mass is 10.3. The van der Waals surface area contributed by atoms with E-state index in [-0.39, 0.29) is 0 Å². The highest BCUT2D eigenvalue weighted by Gasteiger charge is 2.11.